The van der Waals surface area contributed by atoms with Crippen LogP contribution in [0, 0.1) is 16.0 Å². The van der Waals surface area contributed by atoms with Gasteiger partial charge < -0.3 is 4.74 Å². The van der Waals surface area contributed by atoms with E-state index in [9.17, 15) is 14.9 Å². The summed E-state index contributed by atoms with van der Waals surface area (Å²) in [7, 11) is 0. The van der Waals surface area contributed by atoms with Crippen molar-refractivity contribution >= 4 is 11.7 Å². The molecule has 1 aliphatic rings. The lowest BCUT2D eigenvalue weighted by atomic mass is 9.89. The van der Waals surface area contributed by atoms with Gasteiger partial charge in [-0.3, -0.25) is 10.1 Å². The van der Waals surface area contributed by atoms with E-state index in [0.29, 0.717) is 11.5 Å². The molecule has 19 heavy (non-hydrogen) atoms. The minimum absolute atomic E-state index is 0.0218. The fourth-order valence-electron chi connectivity index (χ4n) is 2.42. The molecule has 2 atom stereocenters. The van der Waals surface area contributed by atoms with Crippen LogP contribution in [0.1, 0.15) is 43.0 Å². The number of benzene rings is 1. The molecule has 1 fully saturated rings. The number of nitrogens with zero attached hydrogens (tertiary/aromatic N) is 1. The first-order chi connectivity index (χ1) is 9.06. The van der Waals surface area contributed by atoms with Crippen molar-refractivity contribution in [2.24, 2.45) is 5.92 Å². The Balaban J connectivity index is 1.97. The van der Waals surface area contributed by atoms with E-state index in [0.717, 1.165) is 19.3 Å². The maximum Gasteiger partial charge on any atom is 0.338 e. The van der Waals surface area contributed by atoms with Gasteiger partial charge in [0.25, 0.3) is 5.69 Å². The monoisotopic (exact) mass is 263 g/mol. The van der Waals surface area contributed by atoms with E-state index in [1.165, 1.54) is 30.7 Å². The van der Waals surface area contributed by atoms with Crippen LogP contribution in [0.3, 0.4) is 0 Å². The van der Waals surface area contributed by atoms with E-state index in [4.69, 9.17) is 4.74 Å². The molecule has 102 valence electrons. The highest BCUT2D eigenvalue weighted by atomic mass is 16.6. The zero-order valence-corrected chi connectivity index (χ0v) is 10.9. The third-order valence-corrected chi connectivity index (χ3v) is 3.48. The lowest BCUT2D eigenvalue weighted by Gasteiger charge is -2.26. The Morgan fingerprint density at radius 1 is 1.32 bits per heavy atom. The van der Waals surface area contributed by atoms with Gasteiger partial charge in [0.1, 0.15) is 6.10 Å². The van der Waals surface area contributed by atoms with Gasteiger partial charge >= 0.3 is 5.97 Å². The number of carbonyl (C=O) groups is 1. The highest BCUT2D eigenvalue weighted by molar-refractivity contribution is 5.89. The Hall–Kier alpha value is -1.91. The molecule has 0 aromatic heterocycles. The van der Waals surface area contributed by atoms with E-state index in [1.54, 1.807) is 0 Å². The normalized spacial score (nSPS) is 22.8. The zero-order valence-electron chi connectivity index (χ0n) is 10.9. The molecule has 0 spiro atoms. The van der Waals surface area contributed by atoms with E-state index < -0.39 is 10.9 Å². The summed E-state index contributed by atoms with van der Waals surface area (Å²) in [6, 6.07) is 5.51. The standard InChI is InChI=1S/C14H17NO4/c1-10-3-2-4-13(9-10)19-14(16)11-5-7-12(8-6-11)15(17)18/h5-8,10,13H,2-4,9H2,1H3/t10-,13+/m1/s1. The van der Waals surface area contributed by atoms with Crippen LogP contribution in [-0.4, -0.2) is 17.0 Å². The maximum absolute atomic E-state index is 11.9. The topological polar surface area (TPSA) is 69.4 Å². The number of esters is 1. The summed E-state index contributed by atoms with van der Waals surface area (Å²) in [6.07, 6.45) is 4.05. The lowest BCUT2D eigenvalue weighted by Crippen LogP contribution is -2.24. The lowest BCUT2D eigenvalue weighted by molar-refractivity contribution is -0.384. The Labute approximate surface area is 111 Å². The molecule has 1 aromatic carbocycles. The van der Waals surface area contributed by atoms with Crippen molar-refractivity contribution in [1.82, 2.24) is 0 Å². The van der Waals surface area contributed by atoms with E-state index in [1.807, 2.05) is 0 Å². The Kier molecular flexibility index (Phi) is 4.14. The predicted octanol–water partition coefficient (Wildman–Crippen LogP) is 3.33. The third kappa shape index (κ3) is 3.53. The quantitative estimate of drug-likeness (QED) is 0.476. The van der Waals surface area contributed by atoms with Gasteiger partial charge in [-0.2, -0.15) is 0 Å². The summed E-state index contributed by atoms with van der Waals surface area (Å²) in [6.45, 7) is 2.16. The smallest absolute Gasteiger partial charge is 0.338 e. The molecule has 1 aromatic rings. The minimum Gasteiger partial charge on any atom is -0.459 e. The second-order valence-corrected chi connectivity index (χ2v) is 5.10. The van der Waals surface area contributed by atoms with Gasteiger partial charge in [0, 0.05) is 12.1 Å². The molecular formula is C14H17NO4. The maximum atomic E-state index is 11.9. The number of nitro benzene ring substituents is 1. The van der Waals surface area contributed by atoms with Crippen molar-refractivity contribution in [2.45, 2.75) is 38.7 Å². The van der Waals surface area contributed by atoms with Gasteiger partial charge in [-0.1, -0.05) is 13.3 Å². The number of non-ortho nitro benzene ring substituents is 1. The van der Waals surface area contributed by atoms with E-state index in [-0.39, 0.29) is 11.8 Å². The summed E-state index contributed by atoms with van der Waals surface area (Å²) < 4.78 is 5.44. The Bertz CT molecular complexity index is 469. The van der Waals surface area contributed by atoms with E-state index in [2.05, 4.69) is 6.92 Å². The molecule has 2 rings (SSSR count). The number of ether oxygens (including phenoxy) is 1. The van der Waals surface area contributed by atoms with Crippen molar-refractivity contribution in [3.8, 4) is 0 Å². The van der Waals surface area contributed by atoms with Crippen molar-refractivity contribution in [1.29, 1.82) is 0 Å². The molecule has 1 saturated carbocycles. The van der Waals surface area contributed by atoms with Gasteiger partial charge in [-0.25, -0.2) is 4.79 Å². The fraction of sp³-hybridized carbons (Fsp3) is 0.500. The molecule has 0 unspecified atom stereocenters. The molecule has 0 radical (unpaired) electrons. The first kappa shape index (κ1) is 13.5. The van der Waals surface area contributed by atoms with Crippen molar-refractivity contribution in [3.05, 3.63) is 39.9 Å². The molecule has 0 heterocycles. The molecular weight excluding hydrogens is 246 g/mol. The van der Waals surface area contributed by atoms with Crippen LogP contribution >= 0.6 is 0 Å². The SMILES string of the molecule is C[C@@H]1CCC[C@H](OC(=O)c2ccc([N+](=O)[O-])cc2)C1. The second kappa shape index (κ2) is 5.82. The molecule has 0 N–H and O–H groups in total. The summed E-state index contributed by atoms with van der Waals surface area (Å²) in [4.78, 5) is 21.9. The number of carbonyl (C=O) groups excluding carboxylic acids is 1. The van der Waals surface area contributed by atoms with Crippen molar-refractivity contribution in [3.63, 3.8) is 0 Å². The van der Waals surface area contributed by atoms with Crippen LogP contribution in [0.4, 0.5) is 5.69 Å². The summed E-state index contributed by atoms with van der Waals surface area (Å²) in [5.41, 5.74) is 0.340. The largest absolute Gasteiger partial charge is 0.459 e. The van der Waals surface area contributed by atoms with Gasteiger partial charge in [-0.05, 0) is 37.3 Å². The first-order valence-electron chi connectivity index (χ1n) is 6.51. The van der Waals surface area contributed by atoms with Crippen LogP contribution in [0.2, 0.25) is 0 Å². The average Bonchev–Trinajstić information content (AvgIpc) is 2.39. The minimum atomic E-state index is -0.488. The molecule has 0 bridgehead atoms. The summed E-state index contributed by atoms with van der Waals surface area (Å²) in [5.74, 6) is 0.192. The predicted molar refractivity (Wildman–Crippen MR) is 69.9 cm³/mol. The molecule has 5 nitrogen and oxygen atoms in total. The van der Waals surface area contributed by atoms with E-state index >= 15 is 0 Å². The molecule has 0 saturated heterocycles. The number of rotatable bonds is 3. The number of nitro groups is 1. The molecule has 0 amide bonds. The highest BCUT2D eigenvalue weighted by Crippen LogP contribution is 2.26. The molecule has 5 heteroatoms. The van der Waals surface area contributed by atoms with Crippen molar-refractivity contribution < 1.29 is 14.5 Å². The zero-order chi connectivity index (χ0) is 13.8. The van der Waals surface area contributed by atoms with Gasteiger partial charge in [0.2, 0.25) is 0 Å². The fourth-order valence-corrected chi connectivity index (χ4v) is 2.42. The number of hydrogen-bond acceptors (Lipinski definition) is 4. The van der Waals surface area contributed by atoms with Crippen LogP contribution < -0.4 is 0 Å². The van der Waals surface area contributed by atoms with Crippen LogP contribution in [-0.2, 0) is 4.74 Å². The van der Waals surface area contributed by atoms with Gasteiger partial charge in [-0.15, -0.1) is 0 Å². The molecule has 0 aliphatic heterocycles. The highest BCUT2D eigenvalue weighted by Gasteiger charge is 2.22. The third-order valence-electron chi connectivity index (χ3n) is 3.48. The number of hydrogen-bond donors (Lipinski definition) is 0. The second-order valence-electron chi connectivity index (χ2n) is 5.10. The van der Waals surface area contributed by atoms with Crippen LogP contribution in [0.15, 0.2) is 24.3 Å². The van der Waals surface area contributed by atoms with Gasteiger partial charge in [0.15, 0.2) is 0 Å². The summed E-state index contributed by atoms with van der Waals surface area (Å²) >= 11 is 0. The van der Waals surface area contributed by atoms with Gasteiger partial charge in [0.05, 0.1) is 10.5 Å². The first-order valence-corrected chi connectivity index (χ1v) is 6.51. The molecule has 1 aliphatic carbocycles. The summed E-state index contributed by atoms with van der Waals surface area (Å²) in [5, 5.41) is 10.5. The van der Waals surface area contributed by atoms with Crippen molar-refractivity contribution in [2.75, 3.05) is 0 Å². The Morgan fingerprint density at radius 3 is 2.58 bits per heavy atom. The average molecular weight is 263 g/mol. The Morgan fingerprint density at radius 2 is 2.00 bits per heavy atom. The van der Waals surface area contributed by atoms with Crippen LogP contribution in [0.5, 0.6) is 0 Å². The van der Waals surface area contributed by atoms with Crippen LogP contribution in [0.25, 0.3) is 0 Å².